The summed E-state index contributed by atoms with van der Waals surface area (Å²) in [6.07, 6.45) is 3.85. The highest BCUT2D eigenvalue weighted by Crippen LogP contribution is 2.42. The molecule has 1 saturated heterocycles. The van der Waals surface area contributed by atoms with E-state index in [-0.39, 0.29) is 24.7 Å². The van der Waals surface area contributed by atoms with Gasteiger partial charge in [0.1, 0.15) is 22.4 Å². The molecule has 0 radical (unpaired) electrons. The molecule has 32 heavy (non-hydrogen) atoms. The van der Waals surface area contributed by atoms with Crippen LogP contribution in [0.5, 0.6) is 5.75 Å². The van der Waals surface area contributed by atoms with Gasteiger partial charge in [0.25, 0.3) is 5.91 Å². The predicted molar refractivity (Wildman–Crippen MR) is 118 cm³/mol. The Morgan fingerprint density at radius 1 is 1.25 bits per heavy atom. The van der Waals surface area contributed by atoms with Crippen LogP contribution in [0.25, 0.3) is 11.0 Å². The van der Waals surface area contributed by atoms with Gasteiger partial charge in [0.05, 0.1) is 49.5 Å². The fourth-order valence-electron chi connectivity index (χ4n) is 4.30. The van der Waals surface area contributed by atoms with Gasteiger partial charge < -0.3 is 24.8 Å². The molecule has 0 spiro atoms. The number of hydrogen-bond donors (Lipinski definition) is 2. The topological polar surface area (TPSA) is 115 Å². The number of rotatable bonds is 5. The molecule has 1 aromatic carbocycles. The van der Waals surface area contributed by atoms with Gasteiger partial charge in [-0.3, -0.25) is 9.78 Å². The molecule has 3 aromatic rings. The first-order valence-electron chi connectivity index (χ1n) is 10.7. The van der Waals surface area contributed by atoms with E-state index in [1.54, 1.807) is 6.20 Å². The number of carbonyl (C=O) groups excluding carboxylic acids is 1. The Kier molecular flexibility index (Phi) is 5.18. The smallest absolute Gasteiger partial charge is 0.259 e. The molecule has 2 aliphatic heterocycles. The number of nitrogens with zero attached hydrogens (tertiary/aromatic N) is 5. The third kappa shape index (κ3) is 3.76. The molecule has 0 aliphatic carbocycles. The number of morpholine rings is 1. The Balaban J connectivity index is 1.51. The second-order valence-electron chi connectivity index (χ2n) is 8.66. The van der Waals surface area contributed by atoms with Crippen molar-refractivity contribution in [2.75, 3.05) is 43.1 Å². The lowest BCUT2D eigenvalue weighted by molar-refractivity contribution is 0.102. The Morgan fingerprint density at radius 3 is 2.84 bits per heavy atom. The lowest BCUT2D eigenvalue weighted by Gasteiger charge is -2.31. The third-order valence-electron chi connectivity index (χ3n) is 5.77. The fraction of sp³-hybridized carbons (Fsp3) is 0.455. The number of hydrogen-bond acceptors (Lipinski definition) is 8. The van der Waals surface area contributed by atoms with Crippen molar-refractivity contribution in [3.63, 3.8) is 0 Å². The van der Waals surface area contributed by atoms with E-state index in [4.69, 9.17) is 9.47 Å². The first-order chi connectivity index (χ1) is 15.4. The molecule has 0 bridgehead atoms. The standard InChI is InChI=1S/C22H26N6O4/c1-22(2)11-14-9-16(17(10-19(14)32-22)27-4-7-31-8-5-27)24-21(30)15-12-23-13-18-20(15)25-26-28(18)3-6-29/h9-10,12-13,29H,3-8,11H2,1-2H3,(H,24,30). The molecule has 2 aromatic heterocycles. The van der Waals surface area contributed by atoms with E-state index in [0.29, 0.717) is 29.8 Å². The number of benzene rings is 1. The molecule has 4 heterocycles. The molecule has 0 atom stereocenters. The second-order valence-corrected chi connectivity index (χ2v) is 8.66. The maximum absolute atomic E-state index is 13.3. The van der Waals surface area contributed by atoms with Gasteiger partial charge in [-0.25, -0.2) is 4.68 Å². The van der Waals surface area contributed by atoms with Crippen molar-refractivity contribution in [1.29, 1.82) is 0 Å². The van der Waals surface area contributed by atoms with Crippen LogP contribution in [-0.4, -0.2) is 69.5 Å². The minimum Gasteiger partial charge on any atom is -0.487 e. The minimum absolute atomic E-state index is 0.0780. The summed E-state index contributed by atoms with van der Waals surface area (Å²) < 4.78 is 13.2. The van der Waals surface area contributed by atoms with Crippen molar-refractivity contribution < 1.29 is 19.4 Å². The van der Waals surface area contributed by atoms with Gasteiger partial charge in [-0.15, -0.1) is 5.10 Å². The first-order valence-corrected chi connectivity index (χ1v) is 10.7. The van der Waals surface area contributed by atoms with E-state index in [2.05, 4.69) is 39.4 Å². The van der Waals surface area contributed by atoms with Crippen molar-refractivity contribution in [2.45, 2.75) is 32.4 Å². The Hall–Kier alpha value is -3.24. The zero-order valence-electron chi connectivity index (χ0n) is 18.2. The van der Waals surface area contributed by atoms with E-state index in [1.807, 2.05) is 12.1 Å². The highest BCUT2D eigenvalue weighted by molar-refractivity contribution is 6.12. The molecule has 1 fully saturated rings. The molecule has 0 unspecified atom stereocenters. The van der Waals surface area contributed by atoms with Crippen LogP contribution < -0.4 is 15.0 Å². The molecular weight excluding hydrogens is 412 g/mol. The number of aromatic nitrogens is 4. The summed E-state index contributed by atoms with van der Waals surface area (Å²) in [6, 6.07) is 4.02. The zero-order valence-corrected chi connectivity index (χ0v) is 18.2. The number of fused-ring (bicyclic) bond motifs is 2. The minimum atomic E-state index is -0.313. The number of nitrogens with one attached hydrogen (secondary N) is 1. The molecule has 5 rings (SSSR count). The Bertz CT molecular complexity index is 1170. The zero-order chi connectivity index (χ0) is 22.3. The van der Waals surface area contributed by atoms with E-state index in [9.17, 15) is 9.90 Å². The highest BCUT2D eigenvalue weighted by Gasteiger charge is 2.32. The van der Waals surface area contributed by atoms with Gasteiger partial charge in [-0.1, -0.05) is 5.21 Å². The Labute approximate surface area is 185 Å². The van der Waals surface area contributed by atoms with Crippen LogP contribution in [0.2, 0.25) is 0 Å². The maximum atomic E-state index is 13.3. The van der Waals surface area contributed by atoms with Crippen LogP contribution in [0.1, 0.15) is 29.8 Å². The summed E-state index contributed by atoms with van der Waals surface area (Å²) in [6.45, 7) is 7.05. The molecular formula is C22H26N6O4. The quantitative estimate of drug-likeness (QED) is 0.618. The fourth-order valence-corrected chi connectivity index (χ4v) is 4.30. The lowest BCUT2D eigenvalue weighted by Crippen LogP contribution is -2.36. The maximum Gasteiger partial charge on any atom is 0.259 e. The van der Waals surface area contributed by atoms with Gasteiger partial charge in [0.2, 0.25) is 0 Å². The number of aliphatic hydroxyl groups excluding tert-OH is 1. The van der Waals surface area contributed by atoms with Crippen molar-refractivity contribution in [2.24, 2.45) is 0 Å². The van der Waals surface area contributed by atoms with Crippen molar-refractivity contribution in [1.82, 2.24) is 20.0 Å². The summed E-state index contributed by atoms with van der Waals surface area (Å²) in [5.74, 6) is 0.539. The summed E-state index contributed by atoms with van der Waals surface area (Å²) in [4.78, 5) is 19.7. The van der Waals surface area contributed by atoms with Crippen molar-refractivity contribution in [3.8, 4) is 5.75 Å². The monoisotopic (exact) mass is 438 g/mol. The Morgan fingerprint density at radius 2 is 2.06 bits per heavy atom. The number of aliphatic hydroxyl groups is 1. The molecule has 0 saturated carbocycles. The van der Waals surface area contributed by atoms with Crippen molar-refractivity contribution >= 4 is 28.3 Å². The van der Waals surface area contributed by atoms with Gasteiger partial charge in [-0.2, -0.15) is 0 Å². The summed E-state index contributed by atoms with van der Waals surface area (Å²) in [5, 5.41) is 20.5. The van der Waals surface area contributed by atoms with E-state index in [0.717, 1.165) is 42.2 Å². The second kappa shape index (κ2) is 8.03. The largest absolute Gasteiger partial charge is 0.487 e. The summed E-state index contributed by atoms with van der Waals surface area (Å²) in [7, 11) is 0. The van der Waals surface area contributed by atoms with Gasteiger partial charge >= 0.3 is 0 Å². The molecule has 10 nitrogen and oxygen atoms in total. The van der Waals surface area contributed by atoms with Crippen LogP contribution in [0, 0.1) is 0 Å². The van der Waals surface area contributed by atoms with E-state index < -0.39 is 0 Å². The van der Waals surface area contributed by atoms with Crippen molar-refractivity contribution in [3.05, 3.63) is 35.7 Å². The van der Waals surface area contributed by atoms with Crippen LogP contribution >= 0.6 is 0 Å². The number of ether oxygens (including phenoxy) is 2. The molecule has 10 heteroatoms. The predicted octanol–water partition coefficient (Wildman–Crippen LogP) is 1.62. The summed E-state index contributed by atoms with van der Waals surface area (Å²) >= 11 is 0. The number of carbonyl (C=O) groups is 1. The molecule has 168 valence electrons. The average Bonchev–Trinajstić information content (AvgIpc) is 3.32. The number of anilines is 2. The molecule has 1 amide bonds. The molecule has 2 N–H and O–H groups in total. The SMILES string of the molecule is CC1(C)Cc2cc(NC(=O)c3cncc4c3nnn4CCO)c(N3CCOCC3)cc2O1. The van der Waals surface area contributed by atoms with Crippen LogP contribution in [0.4, 0.5) is 11.4 Å². The normalized spacial score (nSPS) is 17.3. The summed E-state index contributed by atoms with van der Waals surface area (Å²) in [5.41, 5.74) is 3.78. The lowest BCUT2D eigenvalue weighted by atomic mass is 10.0. The highest BCUT2D eigenvalue weighted by atomic mass is 16.5. The number of pyridine rings is 1. The van der Waals surface area contributed by atoms with Crippen LogP contribution in [0.3, 0.4) is 0 Å². The average molecular weight is 438 g/mol. The van der Waals surface area contributed by atoms with Gasteiger partial charge in [0, 0.05) is 37.3 Å². The van der Waals surface area contributed by atoms with Gasteiger partial charge in [-0.05, 0) is 19.9 Å². The van der Waals surface area contributed by atoms with Crippen LogP contribution in [0.15, 0.2) is 24.5 Å². The molecule has 2 aliphatic rings. The van der Waals surface area contributed by atoms with Gasteiger partial charge in [0.15, 0.2) is 0 Å². The third-order valence-corrected chi connectivity index (χ3v) is 5.77. The van der Waals surface area contributed by atoms with E-state index in [1.165, 1.54) is 10.9 Å². The first kappa shape index (κ1) is 20.7. The van der Waals surface area contributed by atoms with Crippen LogP contribution in [-0.2, 0) is 17.7 Å². The van der Waals surface area contributed by atoms with E-state index >= 15 is 0 Å². The number of amides is 1.